The number of nitrogens with one attached hydrogen (secondary N) is 1. The number of anilines is 1. The highest BCUT2D eigenvalue weighted by molar-refractivity contribution is 6.30. The van der Waals surface area contributed by atoms with Gasteiger partial charge in [-0.05, 0) is 48.2 Å². The van der Waals surface area contributed by atoms with E-state index in [9.17, 15) is 14.7 Å². The van der Waals surface area contributed by atoms with Crippen molar-refractivity contribution in [2.24, 2.45) is 0 Å². The van der Waals surface area contributed by atoms with Crippen LogP contribution in [0, 0.1) is 0 Å². The number of halogens is 1. The highest BCUT2D eigenvalue weighted by atomic mass is 35.5. The van der Waals surface area contributed by atoms with Crippen molar-refractivity contribution in [3.8, 4) is 0 Å². The summed E-state index contributed by atoms with van der Waals surface area (Å²) in [6, 6.07) is 13.2. The summed E-state index contributed by atoms with van der Waals surface area (Å²) in [7, 11) is 4.22. The van der Waals surface area contributed by atoms with Gasteiger partial charge in [-0.25, -0.2) is 9.59 Å². The standard InChI is InChI=1S/C24H29ClN2O5/c1-15(26-14-21(28)17-6-5-7-19(25)12-17)10-16-8-9-20-18(11-16)13-24(27(20)2,22(29)31-3)23(30)32-4/h5-9,11-12,15,21,26,28H,10,13-14H2,1-4H3. The molecule has 0 saturated carbocycles. The molecule has 2 aromatic rings. The van der Waals surface area contributed by atoms with Crippen LogP contribution in [0.2, 0.25) is 5.02 Å². The van der Waals surface area contributed by atoms with E-state index in [2.05, 4.69) is 5.32 Å². The van der Waals surface area contributed by atoms with Crippen LogP contribution in [0.15, 0.2) is 42.5 Å². The second-order valence-electron chi connectivity index (χ2n) is 8.13. The van der Waals surface area contributed by atoms with Gasteiger partial charge in [-0.1, -0.05) is 35.9 Å². The van der Waals surface area contributed by atoms with Crippen molar-refractivity contribution in [1.29, 1.82) is 0 Å². The number of hydrogen-bond acceptors (Lipinski definition) is 7. The average molecular weight is 461 g/mol. The van der Waals surface area contributed by atoms with Crippen LogP contribution in [-0.4, -0.2) is 56.4 Å². The van der Waals surface area contributed by atoms with Crippen LogP contribution in [0.25, 0.3) is 0 Å². The molecule has 8 heteroatoms. The zero-order chi connectivity index (χ0) is 23.5. The minimum atomic E-state index is -1.52. The molecule has 2 atom stereocenters. The number of nitrogens with zero attached hydrogens (tertiary/aromatic N) is 1. The van der Waals surface area contributed by atoms with Gasteiger partial charge in [-0.15, -0.1) is 0 Å². The van der Waals surface area contributed by atoms with Gasteiger partial charge in [0.1, 0.15) is 0 Å². The number of aliphatic hydroxyl groups is 1. The minimum Gasteiger partial charge on any atom is -0.467 e. The molecule has 2 unspecified atom stereocenters. The van der Waals surface area contributed by atoms with E-state index in [0.717, 1.165) is 22.4 Å². The molecule has 0 fully saturated rings. The number of benzene rings is 2. The molecular formula is C24H29ClN2O5. The topological polar surface area (TPSA) is 88.1 Å². The highest BCUT2D eigenvalue weighted by Crippen LogP contribution is 2.40. The summed E-state index contributed by atoms with van der Waals surface area (Å²) in [4.78, 5) is 26.7. The third kappa shape index (κ3) is 4.60. The van der Waals surface area contributed by atoms with Crippen molar-refractivity contribution in [2.75, 3.05) is 32.7 Å². The number of carbonyl (C=O) groups excluding carboxylic acids is 2. The maximum absolute atomic E-state index is 12.6. The van der Waals surface area contributed by atoms with E-state index in [0.29, 0.717) is 18.0 Å². The van der Waals surface area contributed by atoms with E-state index < -0.39 is 23.6 Å². The molecule has 0 amide bonds. The normalized spacial score (nSPS) is 16.2. The summed E-state index contributed by atoms with van der Waals surface area (Å²) in [5, 5.41) is 14.3. The number of ether oxygens (including phenoxy) is 2. The van der Waals surface area contributed by atoms with Crippen LogP contribution < -0.4 is 10.2 Å². The third-order valence-electron chi connectivity index (χ3n) is 6.01. The fraction of sp³-hybridized carbons (Fsp3) is 0.417. The first-order chi connectivity index (χ1) is 15.2. The molecule has 0 aromatic heterocycles. The van der Waals surface area contributed by atoms with Crippen LogP contribution in [0.5, 0.6) is 0 Å². The van der Waals surface area contributed by atoms with Gasteiger partial charge in [-0.2, -0.15) is 0 Å². The van der Waals surface area contributed by atoms with Gasteiger partial charge in [0.05, 0.1) is 20.3 Å². The van der Waals surface area contributed by atoms with Crippen molar-refractivity contribution < 1.29 is 24.2 Å². The lowest BCUT2D eigenvalue weighted by atomic mass is 9.93. The summed E-state index contributed by atoms with van der Waals surface area (Å²) in [6.45, 7) is 2.43. The molecular weight excluding hydrogens is 432 g/mol. The Hall–Kier alpha value is -2.61. The van der Waals surface area contributed by atoms with Gasteiger partial charge in [0, 0.05) is 36.8 Å². The number of methoxy groups -OCH3 is 2. The van der Waals surface area contributed by atoms with Crippen LogP contribution in [-0.2, 0) is 31.9 Å². The average Bonchev–Trinajstić information content (AvgIpc) is 3.08. The van der Waals surface area contributed by atoms with E-state index in [1.165, 1.54) is 14.2 Å². The highest BCUT2D eigenvalue weighted by Gasteiger charge is 2.56. The molecule has 2 aromatic carbocycles. The van der Waals surface area contributed by atoms with Crippen LogP contribution in [0.4, 0.5) is 5.69 Å². The first kappa shape index (κ1) is 24.0. The SMILES string of the molecule is COC(=O)C1(C(=O)OC)Cc2cc(CC(C)NCC(O)c3cccc(Cl)c3)ccc2N1C. The number of fused-ring (bicyclic) bond motifs is 1. The van der Waals surface area contributed by atoms with Crippen molar-refractivity contribution in [3.63, 3.8) is 0 Å². The lowest BCUT2D eigenvalue weighted by molar-refractivity contribution is -0.160. The van der Waals surface area contributed by atoms with E-state index in [1.807, 2.05) is 37.3 Å². The Morgan fingerprint density at radius 1 is 1.19 bits per heavy atom. The largest absolute Gasteiger partial charge is 0.467 e. The Morgan fingerprint density at radius 3 is 2.50 bits per heavy atom. The fourth-order valence-electron chi connectivity index (χ4n) is 4.24. The van der Waals surface area contributed by atoms with Gasteiger partial charge in [-0.3, -0.25) is 0 Å². The van der Waals surface area contributed by atoms with Gasteiger partial charge in [0.25, 0.3) is 0 Å². The molecule has 7 nitrogen and oxygen atoms in total. The Morgan fingerprint density at radius 2 is 1.88 bits per heavy atom. The zero-order valence-electron chi connectivity index (χ0n) is 18.7. The first-order valence-corrected chi connectivity index (χ1v) is 10.8. The summed E-state index contributed by atoms with van der Waals surface area (Å²) in [5.41, 5.74) is 1.98. The number of likely N-dealkylation sites (N-methyl/N-ethyl adjacent to an activating group) is 1. The Labute approximate surface area is 193 Å². The molecule has 1 aliphatic rings. The number of rotatable bonds is 8. The van der Waals surface area contributed by atoms with Crippen molar-refractivity contribution >= 4 is 29.2 Å². The Kier molecular flexibility index (Phi) is 7.44. The molecule has 0 aliphatic carbocycles. The van der Waals surface area contributed by atoms with Crippen LogP contribution in [0.3, 0.4) is 0 Å². The molecule has 0 saturated heterocycles. The van der Waals surface area contributed by atoms with Crippen LogP contribution in [0.1, 0.15) is 29.7 Å². The molecule has 0 spiro atoms. The number of carbonyl (C=O) groups is 2. The van der Waals surface area contributed by atoms with Crippen molar-refractivity contribution in [1.82, 2.24) is 5.32 Å². The number of hydrogen-bond donors (Lipinski definition) is 2. The quantitative estimate of drug-likeness (QED) is 0.462. The van der Waals surface area contributed by atoms with E-state index in [1.54, 1.807) is 24.1 Å². The molecule has 172 valence electrons. The van der Waals surface area contributed by atoms with Crippen LogP contribution >= 0.6 is 11.6 Å². The maximum atomic E-state index is 12.6. The van der Waals surface area contributed by atoms with E-state index >= 15 is 0 Å². The van der Waals surface area contributed by atoms with Crippen molar-refractivity contribution in [3.05, 3.63) is 64.2 Å². The van der Waals surface area contributed by atoms with Crippen molar-refractivity contribution in [2.45, 2.75) is 37.5 Å². The van der Waals surface area contributed by atoms with Gasteiger partial charge >= 0.3 is 11.9 Å². The minimum absolute atomic E-state index is 0.0898. The number of esters is 2. The molecule has 1 aliphatic heterocycles. The maximum Gasteiger partial charge on any atom is 0.343 e. The monoisotopic (exact) mass is 460 g/mol. The predicted molar refractivity (Wildman–Crippen MR) is 123 cm³/mol. The first-order valence-electron chi connectivity index (χ1n) is 10.4. The molecule has 2 N–H and O–H groups in total. The predicted octanol–water partition coefficient (Wildman–Crippen LogP) is 2.67. The summed E-state index contributed by atoms with van der Waals surface area (Å²) in [6.07, 6.45) is 0.231. The van der Waals surface area contributed by atoms with E-state index in [-0.39, 0.29) is 12.5 Å². The molecule has 32 heavy (non-hydrogen) atoms. The second kappa shape index (κ2) is 9.90. The third-order valence-corrected chi connectivity index (χ3v) is 6.24. The summed E-state index contributed by atoms with van der Waals surface area (Å²) < 4.78 is 9.86. The Balaban J connectivity index is 1.68. The number of aliphatic hydroxyl groups excluding tert-OH is 1. The second-order valence-corrected chi connectivity index (χ2v) is 8.56. The molecule has 1 heterocycles. The fourth-order valence-corrected chi connectivity index (χ4v) is 4.44. The lowest BCUT2D eigenvalue weighted by Crippen LogP contribution is -2.58. The van der Waals surface area contributed by atoms with E-state index in [4.69, 9.17) is 21.1 Å². The molecule has 3 rings (SSSR count). The lowest BCUT2D eigenvalue weighted by Gasteiger charge is -2.31. The molecule has 0 bridgehead atoms. The molecule has 0 radical (unpaired) electrons. The zero-order valence-corrected chi connectivity index (χ0v) is 19.5. The van der Waals surface area contributed by atoms with Gasteiger partial charge in [0.15, 0.2) is 0 Å². The summed E-state index contributed by atoms with van der Waals surface area (Å²) in [5.74, 6) is -1.29. The smallest absolute Gasteiger partial charge is 0.343 e. The van der Waals surface area contributed by atoms with Gasteiger partial charge < -0.3 is 24.8 Å². The summed E-state index contributed by atoms with van der Waals surface area (Å²) >= 11 is 6.00. The Bertz CT molecular complexity index is 980. The van der Waals surface area contributed by atoms with Gasteiger partial charge in [0.2, 0.25) is 5.54 Å².